The molecular formula is C4H2F6O. The summed E-state index contributed by atoms with van der Waals surface area (Å²) < 4.78 is 74.0. The van der Waals surface area contributed by atoms with Crippen molar-refractivity contribution < 1.29 is 31.1 Å². The van der Waals surface area contributed by atoms with E-state index in [9.17, 15) is 26.3 Å². The molecule has 1 saturated heterocycles. The summed E-state index contributed by atoms with van der Waals surface area (Å²) in [6.45, 7) is 0. The molecule has 0 aromatic carbocycles. The summed E-state index contributed by atoms with van der Waals surface area (Å²) >= 11 is 0. The van der Waals surface area contributed by atoms with Gasteiger partial charge in [-0.25, -0.2) is 8.78 Å². The van der Waals surface area contributed by atoms with Gasteiger partial charge in [0.05, 0.1) is 0 Å². The highest BCUT2D eigenvalue weighted by molar-refractivity contribution is 4.95. The number of hydrogen-bond acceptors (Lipinski definition) is 1. The van der Waals surface area contributed by atoms with E-state index in [1.165, 1.54) is 0 Å². The maximum Gasteiger partial charge on any atom is 0.370 e. The van der Waals surface area contributed by atoms with Crippen LogP contribution in [0.4, 0.5) is 26.3 Å². The molecule has 0 aromatic rings. The predicted molar refractivity (Wildman–Crippen MR) is 20.8 cm³/mol. The average molecular weight is 180 g/mol. The number of alkyl halides is 6. The van der Waals surface area contributed by atoms with Gasteiger partial charge in [0.2, 0.25) is 0 Å². The van der Waals surface area contributed by atoms with Crippen molar-refractivity contribution in [2.24, 2.45) is 0 Å². The Kier molecular flexibility index (Phi) is 1.59. The number of ether oxygens (including phenoxy) is 1. The van der Waals surface area contributed by atoms with Crippen molar-refractivity contribution in [2.75, 3.05) is 0 Å². The predicted octanol–water partition coefficient (Wildman–Crippen LogP) is 1.88. The molecule has 0 radical (unpaired) electrons. The van der Waals surface area contributed by atoms with Crippen molar-refractivity contribution in [3.05, 3.63) is 0 Å². The van der Waals surface area contributed by atoms with Crippen LogP contribution in [0.3, 0.4) is 0 Å². The van der Waals surface area contributed by atoms with Crippen molar-refractivity contribution in [3.63, 3.8) is 0 Å². The summed E-state index contributed by atoms with van der Waals surface area (Å²) in [6, 6.07) is 0. The molecule has 11 heavy (non-hydrogen) atoms. The maximum atomic E-state index is 11.9. The van der Waals surface area contributed by atoms with Crippen LogP contribution in [0.2, 0.25) is 0 Å². The monoisotopic (exact) mass is 180 g/mol. The van der Waals surface area contributed by atoms with E-state index < -0.39 is 24.6 Å². The largest absolute Gasteiger partial charge is 0.370 e. The van der Waals surface area contributed by atoms with E-state index in [0.717, 1.165) is 0 Å². The fraction of sp³-hybridized carbons (Fsp3) is 1.00. The van der Waals surface area contributed by atoms with Crippen LogP contribution in [0.5, 0.6) is 0 Å². The lowest BCUT2D eigenvalue weighted by Gasteiger charge is -2.16. The lowest BCUT2D eigenvalue weighted by molar-refractivity contribution is -0.223. The van der Waals surface area contributed by atoms with Gasteiger partial charge < -0.3 is 4.74 Å². The molecule has 0 spiro atoms. The highest BCUT2D eigenvalue weighted by atomic mass is 19.3. The van der Waals surface area contributed by atoms with Crippen LogP contribution in [-0.2, 0) is 4.74 Å². The third-order valence-corrected chi connectivity index (χ3v) is 1.25. The summed E-state index contributed by atoms with van der Waals surface area (Å²) in [4.78, 5) is 0. The molecular weight excluding hydrogens is 178 g/mol. The molecule has 2 atom stereocenters. The molecule has 0 aliphatic carbocycles. The Bertz CT molecular complexity index is 150. The van der Waals surface area contributed by atoms with E-state index >= 15 is 0 Å². The van der Waals surface area contributed by atoms with E-state index in [1.807, 2.05) is 0 Å². The van der Waals surface area contributed by atoms with Crippen LogP contribution < -0.4 is 0 Å². The zero-order valence-electron chi connectivity index (χ0n) is 4.83. The highest BCUT2D eigenvalue weighted by Crippen LogP contribution is 2.48. The van der Waals surface area contributed by atoms with Crippen LogP contribution >= 0.6 is 0 Å². The van der Waals surface area contributed by atoms with Gasteiger partial charge in [-0.3, -0.25) is 0 Å². The summed E-state index contributed by atoms with van der Waals surface area (Å²) in [5, 5.41) is 0. The second-order valence-corrected chi connectivity index (χ2v) is 2.01. The fourth-order valence-electron chi connectivity index (χ4n) is 0.578. The molecule has 0 saturated carbocycles. The lowest BCUT2D eigenvalue weighted by Crippen LogP contribution is -2.44. The van der Waals surface area contributed by atoms with Crippen molar-refractivity contribution >= 4 is 0 Å². The summed E-state index contributed by atoms with van der Waals surface area (Å²) in [5.41, 5.74) is 0. The van der Waals surface area contributed by atoms with Crippen LogP contribution in [0.15, 0.2) is 0 Å². The molecule has 0 N–H and O–H groups in total. The Morgan fingerprint density at radius 1 is 0.818 bits per heavy atom. The first-order valence-corrected chi connectivity index (χ1v) is 2.49. The minimum atomic E-state index is -5.08. The molecule has 0 unspecified atom stereocenters. The van der Waals surface area contributed by atoms with E-state index in [-0.39, 0.29) is 0 Å². The molecule has 7 heteroatoms. The minimum absolute atomic E-state index is 2.96. The van der Waals surface area contributed by atoms with E-state index in [1.54, 1.807) is 0 Å². The first-order chi connectivity index (χ1) is 4.80. The third-order valence-electron chi connectivity index (χ3n) is 1.25. The Hall–Kier alpha value is -0.460. The second-order valence-electron chi connectivity index (χ2n) is 2.01. The van der Waals surface area contributed by atoms with Crippen molar-refractivity contribution in [1.82, 2.24) is 0 Å². The molecule has 1 heterocycles. The van der Waals surface area contributed by atoms with Crippen molar-refractivity contribution in [3.8, 4) is 0 Å². The molecule has 0 amide bonds. The first kappa shape index (κ1) is 8.63. The van der Waals surface area contributed by atoms with E-state index in [4.69, 9.17) is 0 Å². The van der Waals surface area contributed by atoms with Crippen molar-refractivity contribution in [2.45, 2.75) is 24.6 Å². The number of halogens is 6. The third kappa shape index (κ3) is 0.901. The number of hydrogen-bond donors (Lipinski definition) is 0. The molecule has 0 aromatic heterocycles. The second kappa shape index (κ2) is 2.02. The quantitative estimate of drug-likeness (QED) is 0.517. The molecule has 1 nitrogen and oxygen atoms in total. The topological polar surface area (TPSA) is 9.23 Å². The molecule has 1 aliphatic heterocycles. The lowest BCUT2D eigenvalue weighted by atomic mass is 10.2. The van der Waals surface area contributed by atoms with E-state index in [0.29, 0.717) is 0 Å². The SMILES string of the molecule is F[C@H]1O[C@H](F)C(F)(F)C1(F)F. The molecule has 66 valence electrons. The van der Waals surface area contributed by atoms with Gasteiger partial charge in [-0.15, -0.1) is 0 Å². The summed E-state index contributed by atoms with van der Waals surface area (Å²) in [5.74, 6) is -10.2. The van der Waals surface area contributed by atoms with Gasteiger partial charge in [0.25, 0.3) is 12.7 Å². The van der Waals surface area contributed by atoms with Gasteiger partial charge >= 0.3 is 11.8 Å². The highest BCUT2D eigenvalue weighted by Gasteiger charge is 2.74. The normalized spacial score (nSPS) is 40.9. The molecule has 0 bridgehead atoms. The molecule has 1 fully saturated rings. The molecule has 1 aliphatic rings. The average Bonchev–Trinajstić information content (AvgIpc) is 1.95. The number of rotatable bonds is 0. The first-order valence-electron chi connectivity index (χ1n) is 2.49. The van der Waals surface area contributed by atoms with Crippen LogP contribution in [0.25, 0.3) is 0 Å². The fourth-order valence-corrected chi connectivity index (χ4v) is 0.578. The zero-order chi connectivity index (χ0) is 8.86. The van der Waals surface area contributed by atoms with Gasteiger partial charge in [-0.05, 0) is 0 Å². The molecule has 1 rings (SSSR count). The van der Waals surface area contributed by atoms with Gasteiger partial charge in [0.15, 0.2) is 0 Å². The standard InChI is InChI=1S/C4H2F6O/c5-1-3(7,8)4(9,10)2(6)11-1/h1-2H/t1-,2-/m0/s1. The Morgan fingerprint density at radius 3 is 1.18 bits per heavy atom. The Morgan fingerprint density at radius 2 is 1.09 bits per heavy atom. The maximum absolute atomic E-state index is 11.9. The Balaban J connectivity index is 2.95. The Labute approximate surface area is 56.9 Å². The summed E-state index contributed by atoms with van der Waals surface area (Å²) in [7, 11) is 0. The van der Waals surface area contributed by atoms with Crippen LogP contribution in [0, 0.1) is 0 Å². The smallest absolute Gasteiger partial charge is 0.303 e. The van der Waals surface area contributed by atoms with Gasteiger partial charge in [0, 0.05) is 0 Å². The van der Waals surface area contributed by atoms with Gasteiger partial charge in [-0.1, -0.05) is 0 Å². The van der Waals surface area contributed by atoms with Crippen LogP contribution in [0.1, 0.15) is 0 Å². The summed E-state index contributed by atoms with van der Waals surface area (Å²) in [6.07, 6.45) is -7.15. The van der Waals surface area contributed by atoms with Gasteiger partial charge in [0.1, 0.15) is 0 Å². The minimum Gasteiger partial charge on any atom is -0.303 e. The van der Waals surface area contributed by atoms with Crippen LogP contribution in [-0.4, -0.2) is 24.6 Å². The van der Waals surface area contributed by atoms with E-state index in [2.05, 4.69) is 4.74 Å². The van der Waals surface area contributed by atoms with Crippen molar-refractivity contribution in [1.29, 1.82) is 0 Å². The van der Waals surface area contributed by atoms with Gasteiger partial charge in [-0.2, -0.15) is 17.6 Å². The zero-order valence-corrected chi connectivity index (χ0v) is 4.83.